The Morgan fingerprint density at radius 2 is 1.89 bits per heavy atom. The molecule has 0 atom stereocenters. The zero-order valence-electron chi connectivity index (χ0n) is 10.3. The predicted octanol–water partition coefficient (Wildman–Crippen LogP) is 2.08. The maximum absolute atomic E-state index is 9.08. The molecule has 0 aliphatic carbocycles. The molecule has 2 aromatic rings. The fraction of sp³-hybridized carbons (Fsp3) is 0.231. The molecule has 1 aromatic heterocycles. The molecule has 0 saturated heterocycles. The van der Waals surface area contributed by atoms with E-state index in [0.29, 0.717) is 17.2 Å². The summed E-state index contributed by atoms with van der Waals surface area (Å²) in [5.74, 6) is 1.14. The summed E-state index contributed by atoms with van der Waals surface area (Å²) in [7, 11) is 1.57. The van der Waals surface area contributed by atoms with Gasteiger partial charge in [0.25, 0.3) is 0 Å². The van der Waals surface area contributed by atoms with Crippen LogP contribution in [0.25, 0.3) is 0 Å². The first-order valence-corrected chi connectivity index (χ1v) is 5.49. The minimum atomic E-state index is -0.147. The Kier molecular flexibility index (Phi) is 3.74. The molecule has 18 heavy (non-hydrogen) atoms. The van der Waals surface area contributed by atoms with Gasteiger partial charge in [-0.15, -0.1) is 0 Å². The highest BCUT2D eigenvalue weighted by Crippen LogP contribution is 2.29. The molecule has 0 aliphatic heterocycles. The summed E-state index contributed by atoms with van der Waals surface area (Å²) < 4.78 is 10.7. The maximum atomic E-state index is 9.08. The third kappa shape index (κ3) is 2.75. The van der Waals surface area contributed by atoms with Crippen LogP contribution in [0, 0.1) is 6.92 Å². The maximum Gasteiger partial charge on any atom is 0.322 e. The number of ether oxygens (including phenoxy) is 2. The third-order valence-electron chi connectivity index (χ3n) is 2.32. The lowest BCUT2D eigenvalue weighted by Crippen LogP contribution is -1.99. The molecule has 5 nitrogen and oxygen atoms in total. The number of hydrogen-bond acceptors (Lipinski definition) is 5. The van der Waals surface area contributed by atoms with Gasteiger partial charge in [0, 0.05) is 5.69 Å². The number of hydrogen-bond donors (Lipinski definition) is 1. The Hall–Kier alpha value is -2.14. The van der Waals surface area contributed by atoms with Crippen LogP contribution in [0.1, 0.15) is 11.4 Å². The number of aliphatic hydroxyl groups excluding tert-OH is 1. The third-order valence-corrected chi connectivity index (χ3v) is 2.32. The van der Waals surface area contributed by atoms with Crippen LogP contribution in [0.5, 0.6) is 17.5 Å². The van der Waals surface area contributed by atoms with Gasteiger partial charge >= 0.3 is 6.01 Å². The van der Waals surface area contributed by atoms with Crippen molar-refractivity contribution in [2.75, 3.05) is 7.11 Å². The van der Waals surface area contributed by atoms with Crippen LogP contribution >= 0.6 is 0 Å². The molecule has 1 N–H and O–H groups in total. The zero-order valence-corrected chi connectivity index (χ0v) is 10.3. The van der Waals surface area contributed by atoms with Crippen molar-refractivity contribution in [1.29, 1.82) is 0 Å². The fourth-order valence-corrected chi connectivity index (χ4v) is 1.53. The molecule has 0 radical (unpaired) electrons. The van der Waals surface area contributed by atoms with Crippen LogP contribution in [0.4, 0.5) is 0 Å². The monoisotopic (exact) mass is 246 g/mol. The van der Waals surface area contributed by atoms with Crippen LogP contribution in [-0.4, -0.2) is 22.2 Å². The summed E-state index contributed by atoms with van der Waals surface area (Å²) in [4.78, 5) is 8.24. The molecule has 94 valence electrons. The second-order valence-electron chi connectivity index (χ2n) is 3.69. The van der Waals surface area contributed by atoms with Crippen LogP contribution in [0.2, 0.25) is 0 Å². The van der Waals surface area contributed by atoms with Gasteiger partial charge in [-0.25, -0.2) is 4.98 Å². The smallest absolute Gasteiger partial charge is 0.322 e. The lowest BCUT2D eigenvalue weighted by molar-refractivity contribution is 0.274. The first-order valence-electron chi connectivity index (χ1n) is 5.49. The second-order valence-corrected chi connectivity index (χ2v) is 3.69. The van der Waals surface area contributed by atoms with Gasteiger partial charge in [-0.05, 0) is 25.1 Å². The summed E-state index contributed by atoms with van der Waals surface area (Å²) in [6, 6.07) is 9.14. The number of benzene rings is 1. The van der Waals surface area contributed by atoms with Gasteiger partial charge in [-0.1, -0.05) is 12.1 Å². The number of para-hydroxylation sites is 2. The molecule has 2 rings (SSSR count). The molecule has 0 saturated carbocycles. The molecular formula is C13H14N2O3. The van der Waals surface area contributed by atoms with Crippen molar-refractivity contribution >= 4 is 0 Å². The van der Waals surface area contributed by atoms with Crippen LogP contribution in [-0.2, 0) is 6.61 Å². The number of nitrogens with zero attached hydrogens (tertiary/aromatic N) is 2. The molecule has 0 amide bonds. The van der Waals surface area contributed by atoms with Crippen molar-refractivity contribution in [2.45, 2.75) is 13.5 Å². The highest BCUT2D eigenvalue weighted by atomic mass is 16.5. The lowest BCUT2D eigenvalue weighted by atomic mass is 10.3. The van der Waals surface area contributed by atoms with E-state index in [1.807, 2.05) is 19.1 Å². The normalized spacial score (nSPS) is 10.2. The molecular weight excluding hydrogens is 232 g/mol. The molecule has 0 spiro atoms. The van der Waals surface area contributed by atoms with Gasteiger partial charge in [0.2, 0.25) is 0 Å². The first kappa shape index (κ1) is 12.3. The van der Waals surface area contributed by atoms with Crippen LogP contribution in [0.3, 0.4) is 0 Å². The standard InChI is InChI=1S/C13H14N2O3/c1-9-7-10(8-16)15-13(14-9)18-12-6-4-3-5-11(12)17-2/h3-7,16H,8H2,1-2H3. The summed E-state index contributed by atoms with van der Waals surface area (Å²) in [6.45, 7) is 1.67. The molecule has 0 fully saturated rings. The molecule has 1 heterocycles. The average molecular weight is 246 g/mol. The van der Waals surface area contributed by atoms with Crippen molar-refractivity contribution in [2.24, 2.45) is 0 Å². The van der Waals surface area contributed by atoms with Crippen molar-refractivity contribution in [1.82, 2.24) is 9.97 Å². The van der Waals surface area contributed by atoms with Gasteiger partial charge in [0.05, 0.1) is 19.4 Å². The summed E-state index contributed by atoms with van der Waals surface area (Å²) >= 11 is 0. The lowest BCUT2D eigenvalue weighted by Gasteiger charge is -2.09. The van der Waals surface area contributed by atoms with Crippen molar-refractivity contribution in [3.63, 3.8) is 0 Å². The molecule has 0 unspecified atom stereocenters. The average Bonchev–Trinajstić information content (AvgIpc) is 2.38. The van der Waals surface area contributed by atoms with E-state index in [9.17, 15) is 0 Å². The van der Waals surface area contributed by atoms with Crippen molar-refractivity contribution in [3.8, 4) is 17.5 Å². The number of aryl methyl sites for hydroxylation is 1. The number of methoxy groups -OCH3 is 1. The number of aromatic nitrogens is 2. The summed E-state index contributed by atoms with van der Waals surface area (Å²) in [5.41, 5.74) is 1.26. The minimum absolute atomic E-state index is 0.147. The van der Waals surface area contributed by atoms with Crippen LogP contribution < -0.4 is 9.47 Å². The van der Waals surface area contributed by atoms with Gasteiger partial charge in [-0.2, -0.15) is 4.98 Å². The Balaban J connectivity index is 2.30. The molecule has 0 aliphatic rings. The largest absolute Gasteiger partial charge is 0.493 e. The van der Waals surface area contributed by atoms with Gasteiger partial charge in [0.15, 0.2) is 11.5 Å². The summed E-state index contributed by atoms with van der Waals surface area (Å²) in [6.07, 6.45) is 0. The molecule has 0 bridgehead atoms. The van der Waals surface area contributed by atoms with E-state index in [-0.39, 0.29) is 12.6 Å². The van der Waals surface area contributed by atoms with Gasteiger partial charge in [0.1, 0.15) is 0 Å². The van der Waals surface area contributed by atoms with E-state index in [1.165, 1.54) is 0 Å². The van der Waals surface area contributed by atoms with Crippen molar-refractivity contribution < 1.29 is 14.6 Å². The van der Waals surface area contributed by atoms with Crippen LogP contribution in [0.15, 0.2) is 30.3 Å². The van der Waals surface area contributed by atoms with E-state index in [2.05, 4.69) is 9.97 Å². The SMILES string of the molecule is COc1ccccc1Oc1nc(C)cc(CO)n1. The van der Waals surface area contributed by atoms with E-state index >= 15 is 0 Å². The molecule has 1 aromatic carbocycles. The summed E-state index contributed by atoms with van der Waals surface area (Å²) in [5, 5.41) is 9.08. The fourth-order valence-electron chi connectivity index (χ4n) is 1.53. The van der Waals surface area contributed by atoms with E-state index in [0.717, 1.165) is 5.69 Å². The van der Waals surface area contributed by atoms with E-state index in [4.69, 9.17) is 14.6 Å². The van der Waals surface area contributed by atoms with Gasteiger partial charge < -0.3 is 14.6 Å². The van der Waals surface area contributed by atoms with E-state index in [1.54, 1.807) is 25.3 Å². The van der Waals surface area contributed by atoms with Crippen molar-refractivity contribution in [3.05, 3.63) is 41.7 Å². The zero-order chi connectivity index (χ0) is 13.0. The first-order chi connectivity index (χ1) is 8.72. The Bertz CT molecular complexity index is 544. The number of rotatable bonds is 4. The topological polar surface area (TPSA) is 64.5 Å². The minimum Gasteiger partial charge on any atom is -0.493 e. The molecule has 5 heteroatoms. The van der Waals surface area contributed by atoms with E-state index < -0.39 is 0 Å². The highest BCUT2D eigenvalue weighted by Gasteiger charge is 2.08. The Labute approximate surface area is 105 Å². The Morgan fingerprint density at radius 3 is 2.56 bits per heavy atom. The predicted molar refractivity (Wildman–Crippen MR) is 65.8 cm³/mol. The number of aliphatic hydroxyl groups is 1. The quantitative estimate of drug-likeness (QED) is 0.894. The Morgan fingerprint density at radius 1 is 1.17 bits per heavy atom. The second kappa shape index (κ2) is 5.46. The van der Waals surface area contributed by atoms with Gasteiger partial charge in [-0.3, -0.25) is 0 Å². The highest BCUT2D eigenvalue weighted by molar-refractivity contribution is 5.40.